The topological polar surface area (TPSA) is 84.9 Å². The second kappa shape index (κ2) is 10.6. The highest BCUT2D eigenvalue weighted by atomic mass is 32.2. The van der Waals surface area contributed by atoms with Gasteiger partial charge in [0.2, 0.25) is 15.9 Å². The molecule has 0 spiro atoms. The third-order valence-corrected chi connectivity index (χ3v) is 9.29. The van der Waals surface area contributed by atoms with Gasteiger partial charge in [-0.1, -0.05) is 32.0 Å². The van der Waals surface area contributed by atoms with Crippen molar-refractivity contribution in [1.29, 1.82) is 0 Å². The van der Waals surface area contributed by atoms with Gasteiger partial charge in [0.1, 0.15) is 17.1 Å². The van der Waals surface area contributed by atoms with Crippen molar-refractivity contribution in [2.24, 2.45) is 0 Å². The monoisotopic (exact) mass is 500 g/mol. The van der Waals surface area contributed by atoms with Gasteiger partial charge in [-0.3, -0.25) is 4.79 Å². The summed E-state index contributed by atoms with van der Waals surface area (Å²) in [6, 6.07) is 12.7. The molecule has 4 rings (SSSR count). The zero-order chi connectivity index (χ0) is 25.1. The van der Waals surface area contributed by atoms with Crippen LogP contribution in [0.25, 0.3) is 0 Å². The number of fused-ring (bicyclic) bond motifs is 1. The van der Waals surface area contributed by atoms with Crippen LogP contribution < -0.4 is 14.8 Å². The molecule has 1 unspecified atom stereocenters. The van der Waals surface area contributed by atoms with Crippen molar-refractivity contribution < 1.29 is 22.7 Å². The number of sulfonamides is 1. The molecule has 1 saturated heterocycles. The maximum absolute atomic E-state index is 13.1. The van der Waals surface area contributed by atoms with Crippen LogP contribution in [-0.4, -0.2) is 44.4 Å². The Kier molecular flexibility index (Phi) is 7.71. The van der Waals surface area contributed by atoms with Crippen LogP contribution in [0, 0.1) is 0 Å². The summed E-state index contributed by atoms with van der Waals surface area (Å²) in [5, 5.41) is 3.21. The number of methoxy groups -OCH3 is 1. The van der Waals surface area contributed by atoms with Gasteiger partial charge < -0.3 is 14.8 Å². The van der Waals surface area contributed by atoms with E-state index in [0.717, 1.165) is 43.4 Å². The summed E-state index contributed by atoms with van der Waals surface area (Å²) in [5.41, 5.74) is 1.41. The van der Waals surface area contributed by atoms with Crippen molar-refractivity contribution in [2.75, 3.05) is 20.2 Å². The van der Waals surface area contributed by atoms with Crippen LogP contribution in [0.15, 0.2) is 47.4 Å². The first-order chi connectivity index (χ1) is 16.8. The second-order valence-corrected chi connectivity index (χ2v) is 11.4. The number of aryl methyl sites for hydroxylation is 1. The molecule has 0 aromatic heterocycles. The molecule has 7 nitrogen and oxygen atoms in total. The van der Waals surface area contributed by atoms with E-state index in [1.165, 1.54) is 4.31 Å². The van der Waals surface area contributed by atoms with Crippen LogP contribution in [-0.2, 0) is 21.2 Å². The standard InChI is InChI=1S/C27H36N2O5S/c1-4-27(5-2)19-23(22-10-6-7-11-25(22)34-27)28-26(30)15-12-20-18-21(13-14-24(20)33-3)35(31,32)29-16-8-9-17-29/h6-7,10-11,13-14,18,23H,4-5,8-9,12,15-17,19H2,1-3H3,(H,28,30). The fourth-order valence-electron chi connectivity index (χ4n) is 5.13. The average molecular weight is 501 g/mol. The zero-order valence-electron chi connectivity index (χ0n) is 20.9. The molecule has 35 heavy (non-hydrogen) atoms. The lowest BCUT2D eigenvalue weighted by molar-refractivity contribution is -0.122. The minimum absolute atomic E-state index is 0.0809. The number of amides is 1. The predicted molar refractivity (Wildman–Crippen MR) is 135 cm³/mol. The van der Waals surface area contributed by atoms with E-state index in [9.17, 15) is 13.2 Å². The quantitative estimate of drug-likeness (QED) is 0.544. The smallest absolute Gasteiger partial charge is 0.243 e. The van der Waals surface area contributed by atoms with E-state index in [-0.39, 0.29) is 28.9 Å². The number of carbonyl (C=O) groups is 1. The lowest BCUT2D eigenvalue weighted by Gasteiger charge is -2.41. The number of benzene rings is 2. The van der Waals surface area contributed by atoms with Crippen molar-refractivity contribution in [2.45, 2.75) is 75.3 Å². The van der Waals surface area contributed by atoms with Crippen molar-refractivity contribution in [3.05, 3.63) is 53.6 Å². The number of carbonyl (C=O) groups excluding carboxylic acids is 1. The van der Waals surface area contributed by atoms with Gasteiger partial charge in [-0.05, 0) is 61.9 Å². The summed E-state index contributed by atoms with van der Waals surface area (Å²) >= 11 is 0. The second-order valence-electron chi connectivity index (χ2n) is 9.44. The Hall–Kier alpha value is -2.58. The molecule has 0 bridgehead atoms. The third kappa shape index (κ3) is 5.33. The predicted octanol–water partition coefficient (Wildman–Crippen LogP) is 4.61. The van der Waals surface area contributed by atoms with E-state index in [1.54, 1.807) is 25.3 Å². The molecule has 0 radical (unpaired) electrons. The van der Waals surface area contributed by atoms with Crippen molar-refractivity contribution in [3.63, 3.8) is 0 Å². The van der Waals surface area contributed by atoms with E-state index in [0.29, 0.717) is 30.8 Å². The van der Waals surface area contributed by atoms with Crippen LogP contribution in [0.4, 0.5) is 0 Å². The highest BCUT2D eigenvalue weighted by Gasteiger charge is 2.39. The van der Waals surface area contributed by atoms with Crippen LogP contribution in [0.1, 0.15) is 69.5 Å². The molecule has 1 N–H and O–H groups in total. The van der Waals surface area contributed by atoms with Crippen molar-refractivity contribution in [1.82, 2.24) is 9.62 Å². The van der Waals surface area contributed by atoms with Gasteiger partial charge in [0.25, 0.3) is 0 Å². The molecule has 2 aromatic carbocycles. The van der Waals surface area contributed by atoms with E-state index >= 15 is 0 Å². The Bertz CT molecular complexity index is 1150. The molecule has 1 amide bonds. The Labute approximate surface area is 208 Å². The van der Waals surface area contributed by atoms with Crippen LogP contribution >= 0.6 is 0 Å². The van der Waals surface area contributed by atoms with Gasteiger partial charge in [-0.2, -0.15) is 4.31 Å². The fraction of sp³-hybridized carbons (Fsp3) is 0.519. The fourth-order valence-corrected chi connectivity index (χ4v) is 6.70. The number of hydrogen-bond acceptors (Lipinski definition) is 5. The van der Waals surface area contributed by atoms with Crippen LogP contribution in [0.2, 0.25) is 0 Å². The van der Waals surface area contributed by atoms with Crippen LogP contribution in [0.5, 0.6) is 11.5 Å². The Morgan fingerprint density at radius 2 is 1.86 bits per heavy atom. The first-order valence-electron chi connectivity index (χ1n) is 12.6. The molecule has 190 valence electrons. The minimum atomic E-state index is -3.54. The minimum Gasteiger partial charge on any atom is -0.496 e. The molecule has 2 aliphatic rings. The number of rotatable bonds is 9. The number of nitrogens with one attached hydrogen (secondary N) is 1. The first-order valence-corrected chi connectivity index (χ1v) is 14.0. The third-order valence-electron chi connectivity index (χ3n) is 7.40. The van der Waals surface area contributed by atoms with E-state index in [2.05, 4.69) is 19.2 Å². The molecule has 2 aliphatic heterocycles. The zero-order valence-corrected chi connectivity index (χ0v) is 21.7. The van der Waals surface area contributed by atoms with Gasteiger partial charge in [-0.15, -0.1) is 0 Å². The summed E-state index contributed by atoms with van der Waals surface area (Å²) in [6.45, 7) is 5.34. The van der Waals surface area contributed by atoms with Gasteiger partial charge in [0.05, 0.1) is 18.0 Å². The summed E-state index contributed by atoms with van der Waals surface area (Å²) in [6.07, 6.45) is 4.82. The SMILES string of the molecule is CCC1(CC)CC(NC(=O)CCc2cc(S(=O)(=O)N3CCCC3)ccc2OC)c2ccccc2O1. The van der Waals surface area contributed by atoms with Gasteiger partial charge in [-0.25, -0.2) is 8.42 Å². The molecule has 2 heterocycles. The largest absolute Gasteiger partial charge is 0.496 e. The maximum atomic E-state index is 13.1. The molecular weight excluding hydrogens is 464 g/mol. The lowest BCUT2D eigenvalue weighted by Crippen LogP contribution is -2.44. The number of ether oxygens (including phenoxy) is 2. The van der Waals surface area contributed by atoms with E-state index < -0.39 is 10.0 Å². The summed E-state index contributed by atoms with van der Waals surface area (Å²) < 4.78 is 39.4. The van der Waals surface area contributed by atoms with E-state index in [1.807, 2.05) is 24.3 Å². The van der Waals surface area contributed by atoms with Crippen molar-refractivity contribution >= 4 is 15.9 Å². The number of para-hydroxylation sites is 1. The molecule has 1 fully saturated rings. The average Bonchev–Trinajstić information content (AvgIpc) is 3.43. The number of nitrogens with zero attached hydrogens (tertiary/aromatic N) is 1. The Balaban J connectivity index is 1.48. The van der Waals surface area contributed by atoms with Gasteiger partial charge in [0, 0.05) is 31.5 Å². The van der Waals surface area contributed by atoms with Gasteiger partial charge in [0.15, 0.2) is 0 Å². The lowest BCUT2D eigenvalue weighted by atomic mass is 9.83. The van der Waals surface area contributed by atoms with Crippen molar-refractivity contribution in [3.8, 4) is 11.5 Å². The summed E-state index contributed by atoms with van der Waals surface area (Å²) in [4.78, 5) is 13.3. The Morgan fingerprint density at radius 1 is 1.14 bits per heavy atom. The normalized spacial score (nSPS) is 19.6. The first kappa shape index (κ1) is 25.5. The molecule has 2 aromatic rings. The number of hydrogen-bond donors (Lipinski definition) is 1. The summed E-state index contributed by atoms with van der Waals surface area (Å²) in [5.74, 6) is 1.34. The van der Waals surface area contributed by atoms with E-state index in [4.69, 9.17) is 9.47 Å². The Morgan fingerprint density at radius 3 is 2.54 bits per heavy atom. The molecule has 0 saturated carbocycles. The van der Waals surface area contributed by atoms with Gasteiger partial charge >= 0.3 is 0 Å². The highest BCUT2D eigenvalue weighted by molar-refractivity contribution is 7.89. The molecule has 1 atom stereocenters. The maximum Gasteiger partial charge on any atom is 0.243 e. The molecular formula is C27H36N2O5S. The van der Waals surface area contributed by atoms with Crippen LogP contribution in [0.3, 0.4) is 0 Å². The molecule has 8 heteroatoms. The molecule has 0 aliphatic carbocycles. The highest BCUT2D eigenvalue weighted by Crippen LogP contribution is 2.42. The summed E-state index contributed by atoms with van der Waals surface area (Å²) in [7, 11) is -1.98.